The molecule has 0 unspecified atom stereocenters. The number of benzene rings is 2. The number of nitrogen functional groups attached to an aromatic ring is 1. The molecule has 216 valence electrons. The quantitative estimate of drug-likeness (QED) is 0.209. The van der Waals surface area contributed by atoms with E-state index in [1.165, 1.54) is 30.7 Å². The third-order valence-corrected chi connectivity index (χ3v) is 4.97. The van der Waals surface area contributed by atoms with Crippen LogP contribution in [-0.2, 0) is 0 Å². The molecule has 40 heavy (non-hydrogen) atoms. The Balaban J connectivity index is 0.00000103. The van der Waals surface area contributed by atoms with E-state index in [0.29, 0.717) is 11.1 Å². The fourth-order valence-electron chi connectivity index (χ4n) is 2.76. The number of nitrogens with one attached hydrogen (secondary N) is 2. The number of alkyl halides is 2. The molecule has 0 radical (unpaired) electrons. The Bertz CT molecular complexity index is 1430. The molecule has 0 aliphatic carbocycles. The summed E-state index contributed by atoms with van der Waals surface area (Å²) >= 11 is 12.5. The fraction of sp³-hybridized carbons (Fsp3) is 0.222. The van der Waals surface area contributed by atoms with Crippen LogP contribution in [0.5, 0.6) is 11.5 Å². The van der Waals surface area contributed by atoms with Crippen molar-refractivity contribution in [1.29, 1.82) is 0 Å². The highest BCUT2D eigenvalue weighted by Crippen LogP contribution is 2.36. The minimum atomic E-state index is -2.94. The van der Waals surface area contributed by atoms with Crippen LogP contribution in [0.25, 0.3) is 11.3 Å². The summed E-state index contributed by atoms with van der Waals surface area (Å²) in [5, 5.41) is 6.45. The molecule has 0 bridgehead atoms. The van der Waals surface area contributed by atoms with Gasteiger partial charge in [-0.1, -0.05) is 68.8 Å². The van der Waals surface area contributed by atoms with Crippen molar-refractivity contribution in [1.82, 2.24) is 20.1 Å². The second kappa shape index (κ2) is 16.8. The van der Waals surface area contributed by atoms with Gasteiger partial charge in [-0.15, -0.1) is 5.10 Å². The Morgan fingerprint density at radius 3 is 2.33 bits per heavy atom. The van der Waals surface area contributed by atoms with E-state index >= 15 is 0 Å². The minimum absolute atomic E-state index is 0.00945. The first-order valence-electron chi connectivity index (χ1n) is 11.7. The standard InChI is InChI=1S/C21H16Cl2F2N4O4.C3H7N.C3H8/c1-10(12-4-3-5-14(7-12)33-20(24)25)6-11(2)32-17-15(22)8-13(9-16(17)23)29-21(31)27-19(30)18(26)28-29;1-3-4-2;1-3-2/h3-9,20H,2H2,1H3,(H2,26,28)(H,27,30,31);3-4H,1H2,2H3;3H2,1-2H3/b10-6+;;. The topological polar surface area (TPSA) is 124 Å². The van der Waals surface area contributed by atoms with Crippen molar-refractivity contribution in [3.05, 3.63) is 104 Å². The number of rotatable bonds is 8. The zero-order chi connectivity index (χ0) is 30.4. The van der Waals surface area contributed by atoms with E-state index in [1.54, 1.807) is 31.3 Å². The molecular formula is C27H31Cl2F2N5O4. The summed E-state index contributed by atoms with van der Waals surface area (Å²) in [6, 6.07) is 8.80. The molecule has 9 nitrogen and oxygen atoms in total. The number of nitrogens with two attached hydrogens (primary N) is 1. The van der Waals surface area contributed by atoms with Gasteiger partial charge in [0.2, 0.25) is 5.82 Å². The number of allylic oxidation sites excluding steroid dienone is 2. The number of halogens is 4. The van der Waals surface area contributed by atoms with Crippen molar-refractivity contribution >= 4 is 34.6 Å². The minimum Gasteiger partial charge on any atom is -0.455 e. The third-order valence-electron chi connectivity index (χ3n) is 4.41. The van der Waals surface area contributed by atoms with Gasteiger partial charge in [0, 0.05) is 7.05 Å². The molecule has 0 amide bonds. The van der Waals surface area contributed by atoms with Gasteiger partial charge in [0.05, 0.1) is 15.7 Å². The number of nitrogens with zero attached hydrogens (tertiary/aromatic N) is 2. The predicted octanol–water partition coefficient (Wildman–Crippen LogP) is 6.17. The van der Waals surface area contributed by atoms with Gasteiger partial charge >= 0.3 is 12.3 Å². The Labute approximate surface area is 240 Å². The van der Waals surface area contributed by atoms with Crippen molar-refractivity contribution < 1.29 is 18.3 Å². The van der Waals surface area contributed by atoms with E-state index in [0.717, 1.165) is 4.68 Å². The van der Waals surface area contributed by atoms with Gasteiger partial charge < -0.3 is 20.5 Å². The molecule has 3 rings (SSSR count). The predicted molar refractivity (Wildman–Crippen MR) is 157 cm³/mol. The monoisotopic (exact) mass is 597 g/mol. The molecule has 0 aliphatic heterocycles. The molecular weight excluding hydrogens is 567 g/mol. The molecule has 0 spiro atoms. The zero-order valence-corrected chi connectivity index (χ0v) is 23.9. The highest BCUT2D eigenvalue weighted by molar-refractivity contribution is 6.37. The van der Waals surface area contributed by atoms with Gasteiger partial charge in [-0.3, -0.25) is 9.78 Å². The summed E-state index contributed by atoms with van der Waals surface area (Å²) in [6.07, 6.45) is 4.43. The molecule has 0 saturated carbocycles. The lowest BCUT2D eigenvalue weighted by atomic mass is 10.1. The Hall–Kier alpha value is -4.09. The molecule has 0 fully saturated rings. The van der Waals surface area contributed by atoms with E-state index in [1.807, 2.05) is 12.0 Å². The van der Waals surface area contributed by atoms with Crippen LogP contribution in [0, 0.1) is 0 Å². The van der Waals surface area contributed by atoms with Gasteiger partial charge in [-0.05, 0) is 54.6 Å². The van der Waals surface area contributed by atoms with Crippen LogP contribution in [0.3, 0.4) is 0 Å². The largest absolute Gasteiger partial charge is 0.455 e. The summed E-state index contributed by atoms with van der Waals surface area (Å²) in [5.41, 5.74) is 5.18. The Morgan fingerprint density at radius 1 is 1.23 bits per heavy atom. The van der Waals surface area contributed by atoms with Crippen LogP contribution in [0.4, 0.5) is 14.6 Å². The van der Waals surface area contributed by atoms with Crippen LogP contribution in [0.1, 0.15) is 32.8 Å². The van der Waals surface area contributed by atoms with Gasteiger partial charge in [-0.2, -0.15) is 13.5 Å². The summed E-state index contributed by atoms with van der Waals surface area (Å²) in [5.74, 6) is -0.210. The fourth-order valence-corrected chi connectivity index (χ4v) is 3.31. The van der Waals surface area contributed by atoms with Gasteiger partial charge in [0.1, 0.15) is 11.5 Å². The zero-order valence-electron chi connectivity index (χ0n) is 22.4. The normalized spacial score (nSPS) is 10.5. The number of hydrogen-bond acceptors (Lipinski definition) is 7. The van der Waals surface area contributed by atoms with Crippen molar-refractivity contribution in [3.63, 3.8) is 0 Å². The highest BCUT2D eigenvalue weighted by Gasteiger charge is 2.15. The molecule has 0 atom stereocenters. The van der Waals surface area contributed by atoms with Crippen LogP contribution >= 0.6 is 23.2 Å². The number of anilines is 1. The SMILES string of the molecule is C=C(/C=C(\C)c1cccc(OC(F)F)c1)Oc1c(Cl)cc(-n2nc(N)c(=O)[nH]c2=O)cc1Cl.C=CNC.CCC. The molecule has 4 N–H and O–H groups in total. The maximum Gasteiger partial charge on any atom is 0.387 e. The summed E-state index contributed by atoms with van der Waals surface area (Å²) in [4.78, 5) is 25.4. The lowest BCUT2D eigenvalue weighted by Crippen LogP contribution is -2.33. The van der Waals surface area contributed by atoms with E-state index in [4.69, 9.17) is 33.7 Å². The number of ether oxygens (including phenoxy) is 2. The van der Waals surface area contributed by atoms with Crippen molar-refractivity contribution in [2.75, 3.05) is 12.8 Å². The molecule has 1 aromatic heterocycles. The lowest BCUT2D eigenvalue weighted by Gasteiger charge is -2.13. The summed E-state index contributed by atoms with van der Waals surface area (Å²) < 4.78 is 35.8. The van der Waals surface area contributed by atoms with Crippen LogP contribution < -0.4 is 31.8 Å². The van der Waals surface area contributed by atoms with Gasteiger partial charge in [-0.25, -0.2) is 4.79 Å². The van der Waals surface area contributed by atoms with Crippen molar-refractivity contribution in [3.8, 4) is 17.2 Å². The first-order valence-corrected chi connectivity index (χ1v) is 12.5. The smallest absolute Gasteiger partial charge is 0.387 e. The van der Waals surface area contributed by atoms with Crippen LogP contribution in [0.15, 0.2) is 77.2 Å². The number of aromatic amines is 1. The Kier molecular flexibility index (Phi) is 14.2. The molecule has 13 heteroatoms. The first-order chi connectivity index (χ1) is 18.9. The molecule has 2 aromatic carbocycles. The average Bonchev–Trinajstić information content (AvgIpc) is 2.88. The third kappa shape index (κ3) is 10.6. The van der Waals surface area contributed by atoms with Crippen molar-refractivity contribution in [2.24, 2.45) is 0 Å². The van der Waals surface area contributed by atoms with Gasteiger partial charge in [0.15, 0.2) is 5.75 Å². The number of H-pyrrole nitrogens is 1. The van der Waals surface area contributed by atoms with E-state index < -0.39 is 23.7 Å². The maximum absolute atomic E-state index is 12.4. The maximum atomic E-state index is 12.4. The molecule has 3 aromatic rings. The van der Waals surface area contributed by atoms with E-state index in [-0.39, 0.29) is 33.0 Å². The highest BCUT2D eigenvalue weighted by atomic mass is 35.5. The average molecular weight is 598 g/mol. The second-order valence-electron chi connectivity index (χ2n) is 7.80. The summed E-state index contributed by atoms with van der Waals surface area (Å²) in [7, 11) is 1.81. The lowest BCUT2D eigenvalue weighted by molar-refractivity contribution is -0.0498. The van der Waals surface area contributed by atoms with Crippen LogP contribution in [0.2, 0.25) is 10.0 Å². The van der Waals surface area contributed by atoms with E-state index in [2.05, 4.69) is 42.2 Å². The molecule has 0 aliphatic rings. The van der Waals surface area contributed by atoms with Crippen molar-refractivity contribution in [2.45, 2.75) is 33.8 Å². The molecule has 0 saturated heterocycles. The van der Waals surface area contributed by atoms with Gasteiger partial charge in [0.25, 0.3) is 5.56 Å². The first kappa shape index (κ1) is 33.9. The Morgan fingerprint density at radius 2 is 1.80 bits per heavy atom. The van der Waals surface area contributed by atoms with Crippen LogP contribution in [-0.4, -0.2) is 28.4 Å². The number of aromatic nitrogens is 3. The number of hydrogen-bond donors (Lipinski definition) is 3. The van der Waals surface area contributed by atoms with E-state index in [9.17, 15) is 18.4 Å². The summed E-state index contributed by atoms with van der Waals surface area (Å²) in [6.45, 7) is 10.2. The molecule has 1 heterocycles. The second-order valence-corrected chi connectivity index (χ2v) is 8.61.